The smallest absolute Gasteiger partial charge is 0.264 e. The van der Waals surface area contributed by atoms with Crippen LogP contribution in [0.15, 0.2) is 35.1 Å². The highest BCUT2D eigenvalue weighted by atomic mass is 16.5. The summed E-state index contributed by atoms with van der Waals surface area (Å²) in [6, 6.07) is 3.93. The van der Waals surface area contributed by atoms with E-state index in [9.17, 15) is 0 Å². The minimum atomic E-state index is -0.0841. The molecular weight excluding hydrogens is 294 g/mol. The lowest BCUT2D eigenvalue weighted by Gasteiger charge is -2.28. The van der Waals surface area contributed by atoms with Crippen LogP contribution in [0.1, 0.15) is 36.3 Å². The maximum Gasteiger partial charge on any atom is 0.264 e. The summed E-state index contributed by atoms with van der Waals surface area (Å²) in [6.07, 6.45) is 7.66. The Balaban J connectivity index is 1.65. The molecule has 1 fully saturated rings. The summed E-state index contributed by atoms with van der Waals surface area (Å²) in [5, 5.41) is 12.7. The number of nitrogens with zero attached hydrogens (tertiary/aromatic N) is 5. The molecule has 1 aliphatic rings. The Hall–Kier alpha value is -2.41. The molecule has 0 amide bonds. The average molecular weight is 313 g/mol. The summed E-state index contributed by atoms with van der Waals surface area (Å²) < 4.78 is 15.7. The van der Waals surface area contributed by atoms with Gasteiger partial charge in [-0.2, -0.15) is 5.10 Å². The van der Waals surface area contributed by atoms with Gasteiger partial charge in [-0.05, 0) is 25.0 Å². The van der Waals surface area contributed by atoms with Crippen LogP contribution < -0.4 is 0 Å². The van der Waals surface area contributed by atoms with E-state index in [0.717, 1.165) is 30.7 Å². The summed E-state index contributed by atoms with van der Waals surface area (Å²) in [4.78, 5) is 0. The second kappa shape index (κ2) is 5.66. The third-order valence-electron chi connectivity index (χ3n) is 4.30. The van der Waals surface area contributed by atoms with Gasteiger partial charge in [0.1, 0.15) is 5.69 Å². The first-order valence-corrected chi connectivity index (χ1v) is 7.77. The van der Waals surface area contributed by atoms with Crippen LogP contribution in [0.2, 0.25) is 0 Å². The van der Waals surface area contributed by atoms with Crippen LogP contribution in [0.3, 0.4) is 0 Å². The van der Waals surface area contributed by atoms with Gasteiger partial charge in [-0.15, -0.1) is 10.2 Å². The average Bonchev–Trinajstić information content (AvgIpc) is 3.27. The Labute approximate surface area is 133 Å². The third kappa shape index (κ3) is 2.57. The molecule has 1 aliphatic heterocycles. The summed E-state index contributed by atoms with van der Waals surface area (Å²) in [5.74, 6) is 1.24. The molecule has 7 heteroatoms. The van der Waals surface area contributed by atoms with Gasteiger partial charge in [-0.3, -0.25) is 4.68 Å². The van der Waals surface area contributed by atoms with Gasteiger partial charge in [-0.25, -0.2) is 0 Å². The van der Waals surface area contributed by atoms with Gasteiger partial charge in [-0.1, -0.05) is 0 Å². The molecule has 3 aromatic heterocycles. The van der Waals surface area contributed by atoms with E-state index in [1.807, 2.05) is 49.4 Å². The van der Waals surface area contributed by atoms with E-state index in [4.69, 9.17) is 9.15 Å². The van der Waals surface area contributed by atoms with Crippen molar-refractivity contribution in [3.8, 4) is 11.6 Å². The number of ether oxygens (including phenoxy) is 1. The van der Waals surface area contributed by atoms with Crippen molar-refractivity contribution in [2.24, 2.45) is 14.1 Å². The molecule has 4 rings (SSSR count). The normalized spacial score (nSPS) is 21.7. The number of aromatic nitrogens is 5. The Bertz CT molecular complexity index is 803. The van der Waals surface area contributed by atoms with Crippen molar-refractivity contribution in [2.45, 2.75) is 24.9 Å². The van der Waals surface area contributed by atoms with Crippen LogP contribution in [0, 0.1) is 0 Å². The standard InChI is InChI=1S/C16H19N5O2/c1-20-7-3-6-13(20)16-19-18-15(23-16)12-5-4-8-22-14(12)11-9-17-21(2)10-11/h3,6-7,9-10,12,14H,4-5,8H2,1-2H3/t12-,14+/m1/s1. The van der Waals surface area contributed by atoms with Gasteiger partial charge in [0.15, 0.2) is 0 Å². The fraction of sp³-hybridized carbons (Fsp3) is 0.438. The van der Waals surface area contributed by atoms with Gasteiger partial charge in [0.05, 0.1) is 18.2 Å². The molecule has 23 heavy (non-hydrogen) atoms. The Morgan fingerprint density at radius 2 is 2.17 bits per heavy atom. The zero-order valence-corrected chi connectivity index (χ0v) is 13.2. The molecule has 0 aromatic carbocycles. The highest BCUT2D eigenvalue weighted by Crippen LogP contribution is 2.40. The van der Waals surface area contributed by atoms with Crippen LogP contribution >= 0.6 is 0 Å². The summed E-state index contributed by atoms with van der Waals surface area (Å²) in [7, 11) is 3.86. The molecule has 1 saturated heterocycles. The largest absolute Gasteiger partial charge is 0.419 e. The van der Waals surface area contributed by atoms with Crippen molar-refractivity contribution in [2.75, 3.05) is 6.61 Å². The van der Waals surface area contributed by atoms with Crippen LogP contribution in [0.4, 0.5) is 0 Å². The quantitative estimate of drug-likeness (QED) is 0.743. The first-order valence-electron chi connectivity index (χ1n) is 7.77. The third-order valence-corrected chi connectivity index (χ3v) is 4.30. The van der Waals surface area contributed by atoms with Crippen molar-refractivity contribution < 1.29 is 9.15 Å². The Morgan fingerprint density at radius 3 is 2.91 bits per heavy atom. The molecule has 0 bridgehead atoms. The van der Waals surface area contributed by atoms with E-state index in [1.54, 1.807) is 4.68 Å². The predicted octanol–water partition coefficient (Wildman–Crippen LogP) is 2.44. The predicted molar refractivity (Wildman–Crippen MR) is 82.6 cm³/mol. The number of hydrogen-bond donors (Lipinski definition) is 0. The van der Waals surface area contributed by atoms with Crippen molar-refractivity contribution in [1.82, 2.24) is 24.5 Å². The molecule has 0 unspecified atom stereocenters. The van der Waals surface area contributed by atoms with Crippen molar-refractivity contribution in [1.29, 1.82) is 0 Å². The van der Waals surface area contributed by atoms with E-state index < -0.39 is 0 Å². The second-order valence-electron chi connectivity index (χ2n) is 5.94. The first-order chi connectivity index (χ1) is 11.2. The van der Waals surface area contributed by atoms with Crippen molar-refractivity contribution in [3.63, 3.8) is 0 Å². The van der Waals surface area contributed by atoms with E-state index in [0.29, 0.717) is 11.8 Å². The van der Waals surface area contributed by atoms with Crippen molar-refractivity contribution >= 4 is 0 Å². The molecule has 0 aliphatic carbocycles. The lowest BCUT2D eigenvalue weighted by atomic mass is 9.91. The Morgan fingerprint density at radius 1 is 1.26 bits per heavy atom. The molecule has 120 valence electrons. The highest BCUT2D eigenvalue weighted by Gasteiger charge is 2.34. The highest BCUT2D eigenvalue weighted by molar-refractivity contribution is 5.47. The number of rotatable bonds is 3. The first kappa shape index (κ1) is 14.2. The zero-order chi connectivity index (χ0) is 15.8. The lowest BCUT2D eigenvalue weighted by molar-refractivity contribution is -0.00891. The monoisotopic (exact) mass is 313 g/mol. The summed E-state index contributed by atoms with van der Waals surface area (Å²) in [6.45, 7) is 0.745. The molecule has 7 nitrogen and oxygen atoms in total. The maximum absolute atomic E-state index is 5.98. The molecule has 0 radical (unpaired) electrons. The SMILES string of the molecule is Cn1cc([C@@H]2OCCC[C@H]2c2nnc(-c3cccn3C)o2)cn1. The van der Waals surface area contributed by atoms with Crippen LogP contribution in [0.5, 0.6) is 0 Å². The van der Waals surface area contributed by atoms with E-state index >= 15 is 0 Å². The second-order valence-corrected chi connectivity index (χ2v) is 5.94. The van der Waals surface area contributed by atoms with Crippen LogP contribution in [-0.2, 0) is 18.8 Å². The molecule has 3 aromatic rings. The summed E-state index contributed by atoms with van der Waals surface area (Å²) >= 11 is 0. The van der Waals surface area contributed by atoms with Gasteiger partial charge in [0.2, 0.25) is 5.89 Å². The molecule has 2 atom stereocenters. The molecule has 0 N–H and O–H groups in total. The van der Waals surface area contributed by atoms with Crippen molar-refractivity contribution in [3.05, 3.63) is 42.2 Å². The molecule has 4 heterocycles. The van der Waals surface area contributed by atoms with E-state index in [1.165, 1.54) is 0 Å². The number of aryl methyl sites for hydroxylation is 2. The van der Waals surface area contributed by atoms with Gasteiger partial charge in [0, 0.05) is 38.7 Å². The maximum atomic E-state index is 5.98. The van der Waals surface area contributed by atoms with Gasteiger partial charge < -0.3 is 13.7 Å². The van der Waals surface area contributed by atoms with Crippen LogP contribution in [0.25, 0.3) is 11.6 Å². The molecule has 0 spiro atoms. The van der Waals surface area contributed by atoms with Gasteiger partial charge >= 0.3 is 0 Å². The number of hydrogen-bond acceptors (Lipinski definition) is 5. The molecule has 0 saturated carbocycles. The zero-order valence-electron chi connectivity index (χ0n) is 13.2. The van der Waals surface area contributed by atoms with E-state index in [-0.39, 0.29) is 12.0 Å². The minimum Gasteiger partial charge on any atom is -0.419 e. The fourth-order valence-corrected chi connectivity index (χ4v) is 3.12. The Kier molecular flexibility index (Phi) is 3.49. The minimum absolute atomic E-state index is 0.0643. The van der Waals surface area contributed by atoms with Gasteiger partial charge in [0.25, 0.3) is 5.89 Å². The van der Waals surface area contributed by atoms with Crippen LogP contribution in [-0.4, -0.2) is 31.2 Å². The topological polar surface area (TPSA) is 70.9 Å². The summed E-state index contributed by atoms with van der Waals surface area (Å²) in [5.41, 5.74) is 1.97. The lowest BCUT2D eigenvalue weighted by Crippen LogP contribution is -2.21. The molecular formula is C16H19N5O2. The fourth-order valence-electron chi connectivity index (χ4n) is 3.12. The van der Waals surface area contributed by atoms with E-state index in [2.05, 4.69) is 15.3 Å².